The number of aromatic nitrogens is 2. The lowest BCUT2D eigenvalue weighted by Gasteiger charge is -2.08. The molecule has 21 heavy (non-hydrogen) atoms. The van der Waals surface area contributed by atoms with Crippen LogP contribution in [0.1, 0.15) is 22.9 Å². The molecule has 0 spiro atoms. The second-order valence-corrected chi connectivity index (χ2v) is 5.80. The van der Waals surface area contributed by atoms with Crippen molar-refractivity contribution in [3.63, 3.8) is 0 Å². The Morgan fingerprint density at radius 2 is 1.95 bits per heavy atom. The summed E-state index contributed by atoms with van der Waals surface area (Å²) in [4.78, 5) is 8.99. The molecule has 0 fully saturated rings. The monoisotopic (exact) mass is 296 g/mol. The molecule has 3 rings (SSSR count). The number of aliphatic hydroxyl groups excluding tert-OH is 1. The van der Waals surface area contributed by atoms with Crippen LogP contribution in [0.5, 0.6) is 0 Å². The molecule has 2 aromatic heterocycles. The first-order valence-corrected chi connectivity index (χ1v) is 7.71. The minimum absolute atomic E-state index is 0.520. The quantitative estimate of drug-likeness (QED) is 0.796. The molecular weight excluding hydrogens is 280 g/mol. The van der Waals surface area contributed by atoms with Gasteiger partial charge in [-0.15, -0.1) is 11.3 Å². The first-order chi connectivity index (χ1) is 10.2. The molecular formula is C17H16N2OS. The summed E-state index contributed by atoms with van der Waals surface area (Å²) in [5, 5.41) is 13.2. The van der Waals surface area contributed by atoms with Crippen LogP contribution < -0.4 is 0 Å². The highest BCUT2D eigenvalue weighted by molar-refractivity contribution is 7.13. The Kier molecular flexibility index (Phi) is 4.08. The lowest BCUT2D eigenvalue weighted by atomic mass is 10.1. The van der Waals surface area contributed by atoms with Crippen molar-refractivity contribution in [2.45, 2.75) is 19.4 Å². The van der Waals surface area contributed by atoms with Gasteiger partial charge in [0, 0.05) is 18.0 Å². The van der Waals surface area contributed by atoms with Crippen molar-refractivity contribution in [1.29, 1.82) is 0 Å². The zero-order valence-electron chi connectivity index (χ0n) is 11.7. The van der Waals surface area contributed by atoms with Gasteiger partial charge in [0.15, 0.2) is 0 Å². The van der Waals surface area contributed by atoms with E-state index in [4.69, 9.17) is 0 Å². The fraction of sp³-hybridized carbons (Fsp3) is 0.176. The van der Waals surface area contributed by atoms with Crippen molar-refractivity contribution in [3.8, 4) is 10.7 Å². The summed E-state index contributed by atoms with van der Waals surface area (Å²) in [6, 6.07) is 13.6. The third-order valence-corrected chi connectivity index (χ3v) is 4.25. The molecule has 0 radical (unpaired) electrons. The number of hydrogen-bond donors (Lipinski definition) is 1. The highest BCUT2D eigenvalue weighted by Crippen LogP contribution is 2.26. The third-order valence-electron chi connectivity index (χ3n) is 3.35. The Morgan fingerprint density at radius 1 is 1.14 bits per heavy atom. The minimum atomic E-state index is -0.522. The van der Waals surface area contributed by atoms with Crippen LogP contribution in [-0.2, 0) is 6.42 Å². The Bertz CT molecular complexity index is 724. The first-order valence-electron chi connectivity index (χ1n) is 6.83. The lowest BCUT2D eigenvalue weighted by Crippen LogP contribution is -2.01. The van der Waals surface area contributed by atoms with Crippen LogP contribution in [0.3, 0.4) is 0 Å². The minimum Gasteiger partial charge on any atom is -0.388 e. The summed E-state index contributed by atoms with van der Waals surface area (Å²) in [6.45, 7) is 2.03. The molecule has 3 aromatic rings. The molecule has 1 N–H and O–H groups in total. The first kappa shape index (κ1) is 13.9. The van der Waals surface area contributed by atoms with Gasteiger partial charge >= 0.3 is 0 Å². The molecule has 0 aliphatic rings. The second-order valence-electron chi connectivity index (χ2n) is 4.94. The fourth-order valence-corrected chi connectivity index (χ4v) is 3.10. The van der Waals surface area contributed by atoms with Crippen LogP contribution in [-0.4, -0.2) is 15.1 Å². The summed E-state index contributed by atoms with van der Waals surface area (Å²) in [7, 11) is 0. The van der Waals surface area contributed by atoms with Crippen LogP contribution in [0, 0.1) is 6.92 Å². The number of benzene rings is 1. The van der Waals surface area contributed by atoms with E-state index in [1.807, 2.05) is 54.8 Å². The summed E-state index contributed by atoms with van der Waals surface area (Å²) in [5.41, 5.74) is 3.85. The Hall–Kier alpha value is -2.04. The molecule has 0 bridgehead atoms. The number of aryl methyl sites for hydroxylation is 1. The van der Waals surface area contributed by atoms with Gasteiger partial charge in [0.2, 0.25) is 0 Å². The SMILES string of the molecule is Cc1cccnc1-c1nc(CC(O)c2ccccc2)cs1. The molecule has 3 nitrogen and oxygen atoms in total. The van der Waals surface area contributed by atoms with Gasteiger partial charge in [0.05, 0.1) is 11.8 Å². The van der Waals surface area contributed by atoms with Gasteiger partial charge in [0.25, 0.3) is 0 Å². The van der Waals surface area contributed by atoms with Crippen molar-refractivity contribution in [3.05, 3.63) is 70.9 Å². The van der Waals surface area contributed by atoms with E-state index in [0.717, 1.165) is 27.5 Å². The van der Waals surface area contributed by atoms with Gasteiger partial charge in [-0.2, -0.15) is 0 Å². The number of pyridine rings is 1. The van der Waals surface area contributed by atoms with Crippen molar-refractivity contribution < 1.29 is 5.11 Å². The number of thiazole rings is 1. The number of nitrogens with zero attached hydrogens (tertiary/aromatic N) is 2. The van der Waals surface area contributed by atoms with Crippen LogP contribution in [0.4, 0.5) is 0 Å². The van der Waals surface area contributed by atoms with E-state index in [0.29, 0.717) is 6.42 Å². The Morgan fingerprint density at radius 3 is 2.71 bits per heavy atom. The van der Waals surface area contributed by atoms with E-state index in [1.165, 1.54) is 0 Å². The van der Waals surface area contributed by atoms with E-state index in [9.17, 15) is 5.11 Å². The molecule has 2 heterocycles. The number of hydrogen-bond acceptors (Lipinski definition) is 4. The van der Waals surface area contributed by atoms with Crippen molar-refractivity contribution in [2.75, 3.05) is 0 Å². The highest BCUT2D eigenvalue weighted by Gasteiger charge is 2.13. The maximum Gasteiger partial charge on any atom is 0.142 e. The Labute approximate surface area is 128 Å². The zero-order chi connectivity index (χ0) is 14.7. The molecule has 106 valence electrons. The smallest absolute Gasteiger partial charge is 0.142 e. The van der Waals surface area contributed by atoms with E-state index in [1.54, 1.807) is 17.5 Å². The summed E-state index contributed by atoms with van der Waals surface area (Å²) in [6.07, 6.45) is 1.78. The van der Waals surface area contributed by atoms with Crippen molar-refractivity contribution in [2.24, 2.45) is 0 Å². The summed E-state index contributed by atoms with van der Waals surface area (Å²) in [5.74, 6) is 0. The van der Waals surface area contributed by atoms with Gasteiger partial charge < -0.3 is 5.11 Å². The molecule has 1 aromatic carbocycles. The third kappa shape index (κ3) is 3.17. The molecule has 0 amide bonds. The predicted molar refractivity (Wildman–Crippen MR) is 85.2 cm³/mol. The van der Waals surface area contributed by atoms with Gasteiger partial charge in [-0.25, -0.2) is 4.98 Å². The largest absolute Gasteiger partial charge is 0.388 e. The van der Waals surface area contributed by atoms with E-state index in [-0.39, 0.29) is 0 Å². The van der Waals surface area contributed by atoms with Crippen LogP contribution in [0.15, 0.2) is 54.0 Å². The van der Waals surface area contributed by atoms with Crippen LogP contribution in [0.2, 0.25) is 0 Å². The van der Waals surface area contributed by atoms with Crippen molar-refractivity contribution >= 4 is 11.3 Å². The Balaban J connectivity index is 1.78. The lowest BCUT2D eigenvalue weighted by molar-refractivity contribution is 0.177. The molecule has 1 atom stereocenters. The van der Waals surface area contributed by atoms with E-state index < -0.39 is 6.10 Å². The van der Waals surface area contributed by atoms with Crippen LogP contribution in [0.25, 0.3) is 10.7 Å². The average Bonchev–Trinajstić information content (AvgIpc) is 2.97. The average molecular weight is 296 g/mol. The van der Waals surface area contributed by atoms with Crippen molar-refractivity contribution in [1.82, 2.24) is 9.97 Å². The predicted octanol–water partition coefficient (Wildman–Crippen LogP) is 3.79. The van der Waals surface area contributed by atoms with Gasteiger partial charge in [-0.3, -0.25) is 4.98 Å². The maximum atomic E-state index is 10.3. The molecule has 0 saturated heterocycles. The second kappa shape index (κ2) is 6.16. The number of rotatable bonds is 4. The molecule has 4 heteroatoms. The zero-order valence-corrected chi connectivity index (χ0v) is 12.5. The summed E-state index contributed by atoms with van der Waals surface area (Å²) < 4.78 is 0. The standard InChI is InChI=1S/C17H16N2OS/c1-12-6-5-9-18-16(12)17-19-14(11-21-17)10-15(20)13-7-3-2-4-8-13/h2-9,11,15,20H,10H2,1H3. The molecule has 0 aliphatic carbocycles. The summed E-state index contributed by atoms with van der Waals surface area (Å²) >= 11 is 1.57. The molecule has 0 saturated carbocycles. The van der Waals surface area contributed by atoms with Gasteiger partial charge in [-0.05, 0) is 24.1 Å². The van der Waals surface area contributed by atoms with Gasteiger partial charge in [0.1, 0.15) is 10.7 Å². The van der Waals surface area contributed by atoms with E-state index >= 15 is 0 Å². The highest BCUT2D eigenvalue weighted by atomic mass is 32.1. The fourth-order valence-electron chi connectivity index (χ4n) is 2.21. The number of aliphatic hydroxyl groups is 1. The maximum absolute atomic E-state index is 10.3. The molecule has 0 aliphatic heterocycles. The van der Waals surface area contributed by atoms with Crippen LogP contribution >= 0.6 is 11.3 Å². The topological polar surface area (TPSA) is 46.0 Å². The normalized spacial score (nSPS) is 12.3. The van der Waals surface area contributed by atoms with Gasteiger partial charge in [-0.1, -0.05) is 36.4 Å². The molecule has 1 unspecified atom stereocenters. The van der Waals surface area contributed by atoms with E-state index in [2.05, 4.69) is 9.97 Å².